The van der Waals surface area contributed by atoms with Crippen LogP contribution in [-0.4, -0.2) is 68.0 Å². The minimum Gasteiger partial charge on any atom is -0.507 e. The molecule has 4 unspecified atom stereocenters. The number of benzene rings is 1. The highest BCUT2D eigenvalue weighted by Crippen LogP contribution is 2.50. The predicted molar refractivity (Wildman–Crippen MR) is 90.3 cm³/mol. The Labute approximate surface area is 154 Å². The third-order valence-corrected chi connectivity index (χ3v) is 5.07. The van der Waals surface area contributed by atoms with Gasteiger partial charge in [-0.2, -0.15) is 0 Å². The van der Waals surface area contributed by atoms with Crippen molar-refractivity contribution in [3.05, 3.63) is 29.3 Å². The molecular formula is C18H20O9. The highest BCUT2D eigenvalue weighted by molar-refractivity contribution is 6.03. The molecule has 1 heterocycles. The summed E-state index contributed by atoms with van der Waals surface area (Å²) >= 11 is 0. The van der Waals surface area contributed by atoms with Crippen molar-refractivity contribution >= 4 is 17.5 Å². The summed E-state index contributed by atoms with van der Waals surface area (Å²) in [5, 5.41) is 49.9. The van der Waals surface area contributed by atoms with Gasteiger partial charge in [0, 0.05) is 30.0 Å². The predicted octanol–water partition coefficient (Wildman–Crippen LogP) is 0.0446. The number of rotatable bonds is 4. The molecule has 1 aromatic rings. The third-order valence-electron chi connectivity index (χ3n) is 5.07. The highest BCUT2D eigenvalue weighted by Gasteiger charge is 2.53. The first-order valence-corrected chi connectivity index (χ1v) is 8.20. The van der Waals surface area contributed by atoms with Crippen LogP contribution in [0.3, 0.4) is 0 Å². The first-order valence-electron chi connectivity index (χ1n) is 8.20. The van der Waals surface area contributed by atoms with Crippen LogP contribution in [-0.2, 0) is 9.53 Å². The molecule has 9 nitrogen and oxygen atoms in total. The van der Waals surface area contributed by atoms with Gasteiger partial charge in [0.1, 0.15) is 28.3 Å². The second-order valence-electron chi connectivity index (χ2n) is 7.02. The summed E-state index contributed by atoms with van der Waals surface area (Å²) in [5.74, 6) is -2.47. The molecule has 1 aliphatic heterocycles. The molecule has 0 spiro atoms. The lowest BCUT2D eigenvalue weighted by Gasteiger charge is -2.46. The van der Waals surface area contributed by atoms with Crippen molar-refractivity contribution in [1.82, 2.24) is 0 Å². The summed E-state index contributed by atoms with van der Waals surface area (Å²) in [6.45, 7) is 1.53. The van der Waals surface area contributed by atoms with Crippen molar-refractivity contribution in [3.63, 3.8) is 0 Å². The van der Waals surface area contributed by atoms with Gasteiger partial charge in [-0.15, -0.1) is 0 Å². The van der Waals surface area contributed by atoms with E-state index in [-0.39, 0.29) is 34.6 Å². The number of methoxy groups -OCH3 is 1. The molecule has 0 radical (unpaired) electrons. The molecular weight excluding hydrogens is 360 g/mol. The van der Waals surface area contributed by atoms with E-state index in [0.717, 1.165) is 0 Å². The van der Waals surface area contributed by atoms with Gasteiger partial charge in [0.2, 0.25) is 0 Å². The number of aliphatic carboxylic acids is 1. The second kappa shape index (κ2) is 6.22. The first kappa shape index (κ1) is 19.2. The highest BCUT2D eigenvalue weighted by atomic mass is 16.6. The van der Waals surface area contributed by atoms with E-state index < -0.39 is 41.8 Å². The van der Waals surface area contributed by atoms with Crippen LogP contribution in [0.2, 0.25) is 0 Å². The number of aliphatic hydroxyl groups is 3. The number of fused-ring (bicyclic) bond motifs is 3. The number of aliphatic hydroxyl groups excluding tert-OH is 2. The average molecular weight is 380 g/mol. The van der Waals surface area contributed by atoms with E-state index in [1.165, 1.54) is 32.2 Å². The van der Waals surface area contributed by atoms with Crippen LogP contribution in [0, 0.1) is 0 Å². The zero-order valence-corrected chi connectivity index (χ0v) is 14.7. The Morgan fingerprint density at radius 1 is 1.44 bits per heavy atom. The normalized spacial score (nSPS) is 30.5. The number of carboxylic acids is 1. The van der Waals surface area contributed by atoms with E-state index in [1.807, 2.05) is 0 Å². The van der Waals surface area contributed by atoms with Gasteiger partial charge < -0.3 is 35.0 Å². The summed E-state index contributed by atoms with van der Waals surface area (Å²) in [7, 11) is 1.38. The summed E-state index contributed by atoms with van der Waals surface area (Å²) < 4.78 is 10.5. The van der Waals surface area contributed by atoms with Gasteiger partial charge in [0.05, 0.1) is 13.2 Å². The molecule has 2 aliphatic rings. The van der Waals surface area contributed by atoms with Crippen molar-refractivity contribution in [2.45, 2.75) is 43.2 Å². The van der Waals surface area contributed by atoms with Crippen LogP contribution in [0.25, 0.3) is 5.57 Å². The van der Waals surface area contributed by atoms with E-state index in [9.17, 15) is 30.0 Å². The molecule has 4 atom stereocenters. The number of esters is 1. The minimum absolute atomic E-state index is 0.128. The Morgan fingerprint density at radius 2 is 2.11 bits per heavy atom. The Morgan fingerprint density at radius 3 is 2.70 bits per heavy atom. The van der Waals surface area contributed by atoms with Gasteiger partial charge in [0.25, 0.3) is 0 Å². The largest absolute Gasteiger partial charge is 0.507 e. The van der Waals surface area contributed by atoms with Crippen molar-refractivity contribution in [1.29, 1.82) is 0 Å². The van der Waals surface area contributed by atoms with Gasteiger partial charge in [-0.1, -0.05) is 0 Å². The Balaban J connectivity index is 2.20. The number of carbonyl (C=O) groups excluding carboxylic acids is 1. The zero-order valence-electron chi connectivity index (χ0n) is 14.7. The summed E-state index contributed by atoms with van der Waals surface area (Å²) in [5.41, 5.74) is -3.01. The summed E-state index contributed by atoms with van der Waals surface area (Å²) in [6, 6.07) is 2.71. The summed E-state index contributed by atoms with van der Waals surface area (Å²) in [6.07, 6.45) is -3.12. The van der Waals surface area contributed by atoms with E-state index in [4.69, 9.17) is 14.6 Å². The van der Waals surface area contributed by atoms with E-state index in [0.29, 0.717) is 0 Å². The maximum absolute atomic E-state index is 12.4. The SMILES string of the molecule is COc1cc(O)c2c(c1)C1=CC(O)(CC(O)C(=O)O)C(O)CC1(C)OC2=O. The first-order chi connectivity index (χ1) is 12.5. The Bertz CT molecular complexity index is 845. The van der Waals surface area contributed by atoms with Crippen LogP contribution in [0.5, 0.6) is 11.5 Å². The van der Waals surface area contributed by atoms with Crippen molar-refractivity contribution in [3.8, 4) is 11.5 Å². The zero-order chi connectivity index (χ0) is 20.1. The fraction of sp³-hybridized carbons (Fsp3) is 0.444. The quantitative estimate of drug-likeness (QED) is 0.456. The standard InChI is InChI=1S/C18H20O9/c1-17-7-13(21)18(25,6-12(20)15(22)23)5-10(17)9-3-8(26-2)4-11(19)14(9)16(24)27-17/h3-5,12-13,19-21,25H,6-7H2,1-2H3,(H,22,23). The number of ether oxygens (including phenoxy) is 2. The van der Waals surface area contributed by atoms with Crippen molar-refractivity contribution in [2.75, 3.05) is 7.11 Å². The summed E-state index contributed by atoms with van der Waals surface area (Å²) in [4.78, 5) is 23.3. The third kappa shape index (κ3) is 3.03. The van der Waals surface area contributed by atoms with Crippen molar-refractivity contribution < 1.29 is 44.6 Å². The van der Waals surface area contributed by atoms with Gasteiger partial charge in [-0.05, 0) is 19.1 Å². The molecule has 0 amide bonds. The van der Waals surface area contributed by atoms with Gasteiger partial charge in [-0.25, -0.2) is 9.59 Å². The maximum Gasteiger partial charge on any atom is 0.343 e. The number of aromatic hydroxyl groups is 1. The van der Waals surface area contributed by atoms with E-state index in [2.05, 4.69) is 0 Å². The molecule has 1 aromatic carbocycles. The van der Waals surface area contributed by atoms with Crippen LogP contribution in [0.15, 0.2) is 18.2 Å². The fourth-order valence-electron chi connectivity index (χ4n) is 3.61. The number of phenolic OH excluding ortho intramolecular Hbond substituents is 1. The molecule has 0 saturated heterocycles. The number of carbonyl (C=O) groups is 2. The monoisotopic (exact) mass is 380 g/mol. The molecule has 1 aliphatic carbocycles. The lowest BCUT2D eigenvalue weighted by Crippen LogP contribution is -2.54. The topological polar surface area (TPSA) is 154 Å². The lowest BCUT2D eigenvalue weighted by molar-refractivity contribution is -0.153. The number of phenols is 1. The van der Waals surface area contributed by atoms with Crippen LogP contribution < -0.4 is 4.74 Å². The van der Waals surface area contributed by atoms with Gasteiger partial charge in [0.15, 0.2) is 6.10 Å². The lowest BCUT2D eigenvalue weighted by atomic mass is 9.69. The molecule has 146 valence electrons. The van der Waals surface area contributed by atoms with Gasteiger partial charge >= 0.3 is 11.9 Å². The van der Waals surface area contributed by atoms with Gasteiger partial charge in [-0.3, -0.25) is 0 Å². The Hall–Kier alpha value is -2.62. The molecule has 0 saturated carbocycles. The van der Waals surface area contributed by atoms with Crippen LogP contribution >= 0.6 is 0 Å². The van der Waals surface area contributed by atoms with Crippen molar-refractivity contribution in [2.24, 2.45) is 0 Å². The average Bonchev–Trinajstić information content (AvgIpc) is 2.56. The molecule has 5 N–H and O–H groups in total. The smallest absolute Gasteiger partial charge is 0.343 e. The van der Waals surface area contributed by atoms with E-state index >= 15 is 0 Å². The molecule has 3 rings (SSSR count). The molecule has 0 fully saturated rings. The van der Waals surface area contributed by atoms with E-state index in [1.54, 1.807) is 0 Å². The molecule has 0 bridgehead atoms. The van der Waals surface area contributed by atoms with Crippen LogP contribution in [0.4, 0.5) is 0 Å². The Kier molecular flexibility index (Phi) is 4.41. The number of hydrogen-bond acceptors (Lipinski definition) is 8. The molecule has 27 heavy (non-hydrogen) atoms. The fourth-order valence-corrected chi connectivity index (χ4v) is 3.61. The minimum atomic E-state index is -2.08. The number of carboxylic acid groups (broad SMARTS) is 1. The molecule has 9 heteroatoms. The van der Waals surface area contributed by atoms with Crippen LogP contribution in [0.1, 0.15) is 35.7 Å². The maximum atomic E-state index is 12.4. The molecule has 0 aromatic heterocycles. The second-order valence-corrected chi connectivity index (χ2v) is 7.02. The number of hydrogen-bond donors (Lipinski definition) is 5.